The molecule has 14 heavy (non-hydrogen) atoms. The molecule has 0 radical (unpaired) electrons. The van der Waals surface area contributed by atoms with Crippen LogP contribution in [0.3, 0.4) is 0 Å². The van der Waals surface area contributed by atoms with E-state index in [1.165, 1.54) is 20.0 Å². The third-order valence-corrected chi connectivity index (χ3v) is 2.70. The summed E-state index contributed by atoms with van der Waals surface area (Å²) in [6, 6.07) is -0.631. The molecule has 1 fully saturated rings. The van der Waals surface area contributed by atoms with Gasteiger partial charge in [-0.2, -0.15) is 0 Å². The SMILES string of the molecule is COC(=O)C(CC1CCCC1)N=[N+]=[N-]. The minimum absolute atomic E-state index is 0.422. The molecule has 5 nitrogen and oxygen atoms in total. The molecule has 0 amide bonds. The molecule has 0 spiro atoms. The molecule has 5 heteroatoms. The maximum absolute atomic E-state index is 11.2. The standard InChI is InChI=1S/C9H15N3O2/c1-14-9(13)8(11-12-10)6-7-4-2-3-5-7/h7-8H,2-6H2,1H3. The van der Waals surface area contributed by atoms with Crippen LogP contribution in [0.1, 0.15) is 32.1 Å². The van der Waals surface area contributed by atoms with Gasteiger partial charge in [-0.3, -0.25) is 4.79 Å². The molecule has 0 saturated heterocycles. The minimum atomic E-state index is -0.631. The molecular formula is C9H15N3O2. The van der Waals surface area contributed by atoms with Crippen molar-refractivity contribution >= 4 is 5.97 Å². The molecule has 1 unspecified atom stereocenters. The zero-order valence-electron chi connectivity index (χ0n) is 8.35. The summed E-state index contributed by atoms with van der Waals surface area (Å²) in [5, 5.41) is 3.46. The van der Waals surface area contributed by atoms with Gasteiger partial charge in [0.1, 0.15) is 6.04 Å². The lowest BCUT2D eigenvalue weighted by atomic mass is 9.99. The summed E-state index contributed by atoms with van der Waals surface area (Å²) in [5.41, 5.74) is 8.31. The van der Waals surface area contributed by atoms with Crippen molar-refractivity contribution in [3.05, 3.63) is 10.4 Å². The third kappa shape index (κ3) is 2.92. The highest BCUT2D eigenvalue weighted by Crippen LogP contribution is 2.29. The van der Waals surface area contributed by atoms with Crippen LogP contribution in [0.4, 0.5) is 0 Å². The average Bonchev–Trinajstić information content (AvgIpc) is 2.68. The summed E-state index contributed by atoms with van der Waals surface area (Å²) in [5.74, 6) is 0.0966. The van der Waals surface area contributed by atoms with E-state index in [0.717, 1.165) is 12.8 Å². The van der Waals surface area contributed by atoms with Crippen molar-refractivity contribution in [1.29, 1.82) is 0 Å². The fourth-order valence-electron chi connectivity index (χ4n) is 1.95. The number of rotatable bonds is 4. The second kappa shape index (κ2) is 5.50. The second-order valence-corrected chi connectivity index (χ2v) is 3.63. The summed E-state index contributed by atoms with van der Waals surface area (Å²) in [4.78, 5) is 13.9. The van der Waals surface area contributed by atoms with Crippen molar-refractivity contribution in [3.63, 3.8) is 0 Å². The van der Waals surface area contributed by atoms with Crippen LogP contribution >= 0.6 is 0 Å². The third-order valence-electron chi connectivity index (χ3n) is 2.70. The number of nitrogens with zero attached hydrogens (tertiary/aromatic N) is 3. The highest BCUT2D eigenvalue weighted by molar-refractivity contribution is 5.75. The first-order valence-electron chi connectivity index (χ1n) is 4.90. The Morgan fingerprint density at radius 1 is 1.64 bits per heavy atom. The molecule has 1 saturated carbocycles. The number of carbonyl (C=O) groups is 1. The van der Waals surface area contributed by atoms with Crippen molar-refractivity contribution in [2.75, 3.05) is 7.11 Å². The molecule has 1 rings (SSSR count). The predicted octanol–water partition coefficient (Wildman–Crippen LogP) is 2.42. The second-order valence-electron chi connectivity index (χ2n) is 3.63. The topological polar surface area (TPSA) is 75.1 Å². The van der Waals surface area contributed by atoms with Crippen molar-refractivity contribution in [3.8, 4) is 0 Å². The zero-order chi connectivity index (χ0) is 10.4. The Hall–Kier alpha value is -1.22. The van der Waals surface area contributed by atoms with E-state index < -0.39 is 12.0 Å². The Bertz CT molecular complexity index is 242. The Kier molecular flexibility index (Phi) is 4.26. The average molecular weight is 197 g/mol. The fraction of sp³-hybridized carbons (Fsp3) is 0.889. The van der Waals surface area contributed by atoms with E-state index in [-0.39, 0.29) is 0 Å². The van der Waals surface area contributed by atoms with Crippen molar-refractivity contribution in [1.82, 2.24) is 0 Å². The molecule has 0 aromatic heterocycles. The van der Waals surface area contributed by atoms with Crippen LogP contribution in [0.25, 0.3) is 10.4 Å². The highest BCUT2D eigenvalue weighted by atomic mass is 16.5. The van der Waals surface area contributed by atoms with Gasteiger partial charge in [0.15, 0.2) is 0 Å². The number of hydrogen-bond donors (Lipinski definition) is 0. The maximum Gasteiger partial charge on any atom is 0.314 e. The molecule has 0 heterocycles. The Labute approximate surface area is 83.1 Å². The van der Waals surface area contributed by atoms with Gasteiger partial charge in [-0.15, -0.1) is 0 Å². The molecule has 0 N–H and O–H groups in total. The van der Waals surface area contributed by atoms with E-state index in [9.17, 15) is 4.79 Å². The first-order chi connectivity index (χ1) is 6.77. The van der Waals surface area contributed by atoms with Crippen LogP contribution in [-0.2, 0) is 9.53 Å². The Morgan fingerprint density at radius 3 is 2.79 bits per heavy atom. The fourth-order valence-corrected chi connectivity index (χ4v) is 1.95. The first-order valence-corrected chi connectivity index (χ1v) is 4.90. The summed E-state index contributed by atoms with van der Waals surface area (Å²) >= 11 is 0. The van der Waals surface area contributed by atoms with Crippen LogP contribution in [0.2, 0.25) is 0 Å². The van der Waals surface area contributed by atoms with Gasteiger partial charge < -0.3 is 4.74 Å². The van der Waals surface area contributed by atoms with Crippen molar-refractivity contribution < 1.29 is 9.53 Å². The van der Waals surface area contributed by atoms with Gasteiger partial charge in [0, 0.05) is 4.91 Å². The van der Waals surface area contributed by atoms with Gasteiger partial charge in [0.2, 0.25) is 0 Å². The number of methoxy groups -OCH3 is 1. The van der Waals surface area contributed by atoms with Gasteiger partial charge in [-0.05, 0) is 17.9 Å². The van der Waals surface area contributed by atoms with Crippen LogP contribution in [0.5, 0.6) is 0 Å². The minimum Gasteiger partial charge on any atom is -0.469 e. The van der Waals surface area contributed by atoms with E-state index in [4.69, 9.17) is 5.53 Å². The molecule has 0 aromatic carbocycles. The van der Waals surface area contributed by atoms with Crippen LogP contribution in [0, 0.1) is 5.92 Å². The first kappa shape index (κ1) is 10.9. The molecule has 1 aliphatic carbocycles. The van der Waals surface area contributed by atoms with E-state index in [1.54, 1.807) is 0 Å². The normalized spacial score (nSPS) is 18.6. The quantitative estimate of drug-likeness (QED) is 0.300. The number of esters is 1. The van der Waals surface area contributed by atoms with Crippen LogP contribution in [0.15, 0.2) is 5.11 Å². The molecule has 0 aliphatic heterocycles. The van der Waals surface area contributed by atoms with E-state index in [0.29, 0.717) is 12.3 Å². The van der Waals surface area contributed by atoms with Gasteiger partial charge in [-0.25, -0.2) is 0 Å². The van der Waals surface area contributed by atoms with E-state index in [1.807, 2.05) is 0 Å². The number of ether oxygens (including phenoxy) is 1. The van der Waals surface area contributed by atoms with Gasteiger partial charge in [0.25, 0.3) is 0 Å². The van der Waals surface area contributed by atoms with Gasteiger partial charge >= 0.3 is 5.97 Å². The largest absolute Gasteiger partial charge is 0.469 e. The number of azide groups is 1. The van der Waals surface area contributed by atoms with E-state index in [2.05, 4.69) is 14.8 Å². The maximum atomic E-state index is 11.2. The summed E-state index contributed by atoms with van der Waals surface area (Å²) in [6.07, 6.45) is 5.34. The number of hydrogen-bond acceptors (Lipinski definition) is 3. The summed E-state index contributed by atoms with van der Waals surface area (Å²) in [6.45, 7) is 0. The molecular weight excluding hydrogens is 182 g/mol. The van der Waals surface area contributed by atoms with Crippen LogP contribution < -0.4 is 0 Å². The molecule has 1 aliphatic rings. The number of carbonyl (C=O) groups excluding carboxylic acids is 1. The summed E-state index contributed by atoms with van der Waals surface area (Å²) < 4.78 is 4.57. The monoisotopic (exact) mass is 197 g/mol. The lowest BCUT2D eigenvalue weighted by Gasteiger charge is -2.13. The lowest BCUT2D eigenvalue weighted by Crippen LogP contribution is -2.22. The Balaban J connectivity index is 2.49. The van der Waals surface area contributed by atoms with Crippen LogP contribution in [-0.4, -0.2) is 19.1 Å². The zero-order valence-corrected chi connectivity index (χ0v) is 8.35. The molecule has 78 valence electrons. The molecule has 0 aromatic rings. The van der Waals surface area contributed by atoms with Crippen molar-refractivity contribution in [2.45, 2.75) is 38.1 Å². The summed E-state index contributed by atoms with van der Waals surface area (Å²) in [7, 11) is 1.32. The Morgan fingerprint density at radius 2 is 2.29 bits per heavy atom. The molecule has 0 bridgehead atoms. The van der Waals surface area contributed by atoms with E-state index >= 15 is 0 Å². The molecule has 1 atom stereocenters. The highest BCUT2D eigenvalue weighted by Gasteiger charge is 2.24. The smallest absolute Gasteiger partial charge is 0.314 e. The lowest BCUT2D eigenvalue weighted by molar-refractivity contribution is -0.142. The predicted molar refractivity (Wildman–Crippen MR) is 51.5 cm³/mol. The van der Waals surface area contributed by atoms with Crippen molar-refractivity contribution in [2.24, 2.45) is 11.0 Å². The van der Waals surface area contributed by atoms with Gasteiger partial charge in [-0.1, -0.05) is 30.8 Å². The van der Waals surface area contributed by atoms with Gasteiger partial charge in [0.05, 0.1) is 7.11 Å².